The lowest BCUT2D eigenvalue weighted by molar-refractivity contribution is -0.198. The largest absolute Gasteiger partial charge is 0.464 e. The molecule has 2 rings (SSSR count). The maximum Gasteiger partial charge on any atom is 0.365 e. The highest BCUT2D eigenvalue weighted by Crippen LogP contribution is 2.26. The third-order valence-corrected chi connectivity index (χ3v) is 2.43. The number of carbonyl (C=O) groups is 4. The van der Waals surface area contributed by atoms with Crippen molar-refractivity contribution in [1.29, 1.82) is 0 Å². The van der Waals surface area contributed by atoms with E-state index in [1.807, 2.05) is 0 Å². The Hall–Kier alpha value is -1.96. The van der Waals surface area contributed by atoms with Crippen molar-refractivity contribution in [3.63, 3.8) is 0 Å². The van der Waals surface area contributed by atoms with Crippen LogP contribution in [0.3, 0.4) is 0 Å². The highest BCUT2D eigenvalue weighted by atomic mass is 16.8. The van der Waals surface area contributed by atoms with E-state index in [9.17, 15) is 19.2 Å². The number of ether oxygens (including phenoxy) is 2. The minimum absolute atomic E-state index is 0.0128. The summed E-state index contributed by atoms with van der Waals surface area (Å²) in [6.45, 7) is 1.79. The van der Waals surface area contributed by atoms with Crippen molar-refractivity contribution in [2.24, 2.45) is 0 Å². The number of nitrogens with zero attached hydrogens (tertiary/aromatic N) is 1. The molecule has 18 heavy (non-hydrogen) atoms. The SMILES string of the molecule is CCOC(=O)C1OC1C(=O)ON1C(=O)CCC1=O. The lowest BCUT2D eigenvalue weighted by Crippen LogP contribution is -2.34. The molecule has 8 nitrogen and oxygen atoms in total. The van der Waals surface area contributed by atoms with Crippen LogP contribution in [0, 0.1) is 0 Å². The maximum absolute atomic E-state index is 11.5. The fourth-order valence-corrected chi connectivity index (χ4v) is 1.50. The molecule has 8 heteroatoms. The fourth-order valence-electron chi connectivity index (χ4n) is 1.50. The number of epoxide rings is 1. The third-order valence-electron chi connectivity index (χ3n) is 2.43. The molecular weight excluding hydrogens is 246 g/mol. The Balaban J connectivity index is 1.85. The molecule has 2 heterocycles. The van der Waals surface area contributed by atoms with E-state index in [2.05, 4.69) is 9.57 Å². The number of esters is 1. The van der Waals surface area contributed by atoms with E-state index in [1.165, 1.54) is 0 Å². The highest BCUT2D eigenvalue weighted by molar-refractivity contribution is 6.02. The van der Waals surface area contributed by atoms with Crippen molar-refractivity contribution in [3.05, 3.63) is 0 Å². The maximum atomic E-state index is 11.5. The molecule has 0 aromatic carbocycles. The average Bonchev–Trinajstić information content (AvgIpc) is 3.07. The van der Waals surface area contributed by atoms with Gasteiger partial charge in [-0.25, -0.2) is 9.59 Å². The summed E-state index contributed by atoms with van der Waals surface area (Å²) < 4.78 is 9.41. The van der Waals surface area contributed by atoms with Gasteiger partial charge in [0, 0.05) is 12.8 Å². The minimum atomic E-state index is -1.11. The summed E-state index contributed by atoms with van der Waals surface area (Å²) >= 11 is 0. The molecule has 2 unspecified atom stereocenters. The smallest absolute Gasteiger partial charge is 0.365 e. The Morgan fingerprint density at radius 1 is 1.22 bits per heavy atom. The van der Waals surface area contributed by atoms with Gasteiger partial charge in [0.25, 0.3) is 11.8 Å². The lowest BCUT2D eigenvalue weighted by Gasteiger charge is -2.11. The van der Waals surface area contributed by atoms with Crippen LogP contribution in [0.2, 0.25) is 0 Å². The molecule has 0 aliphatic carbocycles. The molecule has 2 atom stereocenters. The van der Waals surface area contributed by atoms with Crippen molar-refractivity contribution < 1.29 is 33.5 Å². The van der Waals surface area contributed by atoms with E-state index in [-0.39, 0.29) is 19.4 Å². The second kappa shape index (κ2) is 4.73. The van der Waals surface area contributed by atoms with Crippen LogP contribution < -0.4 is 0 Å². The van der Waals surface area contributed by atoms with Crippen LogP contribution in [-0.2, 0) is 33.5 Å². The molecular formula is C10H11NO7. The van der Waals surface area contributed by atoms with E-state index in [0.717, 1.165) is 0 Å². The molecule has 2 aliphatic heterocycles. The van der Waals surface area contributed by atoms with Crippen LogP contribution in [0.5, 0.6) is 0 Å². The Kier molecular flexibility index (Phi) is 3.28. The van der Waals surface area contributed by atoms with Gasteiger partial charge in [-0.05, 0) is 6.92 Å². The van der Waals surface area contributed by atoms with Crippen LogP contribution in [0.15, 0.2) is 0 Å². The molecule has 2 saturated heterocycles. The molecule has 0 aromatic heterocycles. The van der Waals surface area contributed by atoms with Crippen molar-refractivity contribution in [1.82, 2.24) is 5.06 Å². The fraction of sp³-hybridized carbons (Fsp3) is 0.600. The number of amides is 2. The second-order valence-electron chi connectivity index (χ2n) is 3.72. The summed E-state index contributed by atoms with van der Waals surface area (Å²) in [5, 5.41) is 0.409. The van der Waals surface area contributed by atoms with Gasteiger partial charge in [-0.15, -0.1) is 5.06 Å². The summed E-state index contributed by atoms with van der Waals surface area (Å²) in [7, 11) is 0. The number of hydroxylamine groups is 2. The highest BCUT2D eigenvalue weighted by Gasteiger charge is 2.54. The summed E-state index contributed by atoms with van der Waals surface area (Å²) in [6.07, 6.45) is -2.09. The normalized spacial score (nSPS) is 26.2. The summed E-state index contributed by atoms with van der Waals surface area (Å²) in [5.41, 5.74) is 0. The zero-order valence-electron chi connectivity index (χ0n) is 9.58. The van der Waals surface area contributed by atoms with Crippen LogP contribution >= 0.6 is 0 Å². The quantitative estimate of drug-likeness (QED) is 0.358. The first-order valence-corrected chi connectivity index (χ1v) is 5.44. The number of rotatable bonds is 4. The van der Waals surface area contributed by atoms with Gasteiger partial charge in [0.05, 0.1) is 6.61 Å². The number of hydrogen-bond donors (Lipinski definition) is 0. The molecule has 0 spiro atoms. The first-order valence-electron chi connectivity index (χ1n) is 5.44. The lowest BCUT2D eigenvalue weighted by atomic mass is 10.3. The first-order chi connectivity index (χ1) is 8.54. The van der Waals surface area contributed by atoms with E-state index in [4.69, 9.17) is 4.74 Å². The standard InChI is InChI=1S/C10H11NO7/c1-2-16-9(14)7-8(17-7)10(15)18-11-5(12)3-4-6(11)13/h7-8H,2-4H2,1H3. The predicted molar refractivity (Wildman–Crippen MR) is 52.5 cm³/mol. The van der Waals surface area contributed by atoms with Crippen LogP contribution in [0.25, 0.3) is 0 Å². The molecule has 98 valence electrons. The van der Waals surface area contributed by atoms with E-state index in [0.29, 0.717) is 5.06 Å². The molecule has 2 aliphatic rings. The van der Waals surface area contributed by atoms with Crippen LogP contribution in [-0.4, -0.2) is 47.6 Å². The Bertz CT molecular complexity index is 402. The molecule has 2 fully saturated rings. The topological polar surface area (TPSA) is 103 Å². The third kappa shape index (κ3) is 2.33. The summed E-state index contributed by atoms with van der Waals surface area (Å²) in [5.74, 6) is -2.78. The predicted octanol–water partition coefficient (Wildman–Crippen LogP) is -1.08. The molecule has 0 N–H and O–H groups in total. The second-order valence-corrected chi connectivity index (χ2v) is 3.72. The van der Waals surface area contributed by atoms with E-state index < -0.39 is 36.0 Å². The van der Waals surface area contributed by atoms with Crippen LogP contribution in [0.4, 0.5) is 0 Å². The van der Waals surface area contributed by atoms with E-state index >= 15 is 0 Å². The Labute approximate surface area is 102 Å². The van der Waals surface area contributed by atoms with Crippen molar-refractivity contribution >= 4 is 23.8 Å². The van der Waals surface area contributed by atoms with Gasteiger partial charge in [0.1, 0.15) is 0 Å². The monoisotopic (exact) mass is 257 g/mol. The molecule has 0 aromatic rings. The van der Waals surface area contributed by atoms with Crippen molar-refractivity contribution in [2.75, 3.05) is 6.61 Å². The minimum Gasteiger partial charge on any atom is -0.464 e. The zero-order chi connectivity index (χ0) is 13.3. The van der Waals surface area contributed by atoms with Crippen molar-refractivity contribution in [2.45, 2.75) is 32.0 Å². The van der Waals surface area contributed by atoms with Gasteiger partial charge in [0.2, 0.25) is 0 Å². The molecule has 0 bridgehead atoms. The molecule has 2 amide bonds. The Morgan fingerprint density at radius 3 is 2.33 bits per heavy atom. The number of imide groups is 1. The van der Waals surface area contributed by atoms with Crippen LogP contribution in [0.1, 0.15) is 19.8 Å². The number of hydrogen-bond acceptors (Lipinski definition) is 7. The van der Waals surface area contributed by atoms with E-state index in [1.54, 1.807) is 6.92 Å². The van der Waals surface area contributed by atoms with Gasteiger partial charge in [-0.2, -0.15) is 0 Å². The number of carbonyl (C=O) groups excluding carboxylic acids is 4. The average molecular weight is 257 g/mol. The Morgan fingerprint density at radius 2 is 1.78 bits per heavy atom. The van der Waals surface area contributed by atoms with Crippen molar-refractivity contribution in [3.8, 4) is 0 Å². The zero-order valence-corrected chi connectivity index (χ0v) is 9.58. The first kappa shape index (κ1) is 12.5. The van der Waals surface area contributed by atoms with Gasteiger partial charge in [-0.3, -0.25) is 9.59 Å². The summed E-state index contributed by atoms with van der Waals surface area (Å²) in [6, 6.07) is 0. The molecule has 0 radical (unpaired) electrons. The summed E-state index contributed by atoms with van der Waals surface area (Å²) in [4.78, 5) is 49.6. The van der Waals surface area contributed by atoms with Gasteiger partial charge < -0.3 is 14.3 Å². The van der Waals surface area contributed by atoms with Gasteiger partial charge in [-0.1, -0.05) is 0 Å². The van der Waals surface area contributed by atoms with Gasteiger partial charge in [0.15, 0.2) is 12.2 Å². The van der Waals surface area contributed by atoms with Gasteiger partial charge >= 0.3 is 11.9 Å². The molecule has 0 saturated carbocycles.